The zero-order valence-corrected chi connectivity index (χ0v) is 64.3. The molecule has 0 aliphatic heterocycles. The van der Waals surface area contributed by atoms with E-state index in [0.29, 0.717) is 0 Å². The number of benzene rings is 20. The van der Waals surface area contributed by atoms with Gasteiger partial charge in [0.1, 0.15) is 22.3 Å². The van der Waals surface area contributed by atoms with E-state index in [1.165, 1.54) is 0 Å². The summed E-state index contributed by atoms with van der Waals surface area (Å²) >= 11 is 0. The van der Waals surface area contributed by atoms with Crippen molar-refractivity contribution in [1.29, 1.82) is 0 Å². The number of anilines is 12. The monoisotopic (exact) mass is 1510 g/mol. The number of fused-ring (bicyclic) bond motifs is 14. The highest BCUT2D eigenvalue weighted by Crippen LogP contribution is 2.54. The fourth-order valence-corrected chi connectivity index (χ4v) is 18.0. The molecule has 0 spiro atoms. The van der Waals surface area contributed by atoms with E-state index in [1.54, 1.807) is 0 Å². The standard InChI is InChI=1S/C112H74N4O2/c1-7-34-75(35-8-1)80-42-31-49-86(68-80)113(83-45-15-5-16-46-83)103-71-99-109-95-58-23-19-54-91(95)105(73-107(109)117-111(99)97-60-25-21-56-93(97)103)114(87-50-32-43-81(69-87)76-36-9-2-10-37-76)88-51-33-44-82(70-88)77-64-66-85(67-65-77)116(102-63-30-28-53-90(102)79-40-13-4-14-41-79)104-72-100-110-96-59-24-20-55-92(96)106(74-108(110)118-112(100)98-61-26-22-57-94(98)104)115(84-47-17-6-18-48-84)101-62-29-27-52-89(101)78-38-11-3-12-39-78/h1-74H. The molecule has 0 amide bonds. The molecule has 554 valence electrons. The van der Waals surface area contributed by atoms with Crippen LogP contribution in [0.25, 0.3) is 143 Å². The summed E-state index contributed by atoms with van der Waals surface area (Å²) in [5.41, 5.74) is 26.8. The van der Waals surface area contributed by atoms with Crippen LogP contribution in [0.2, 0.25) is 0 Å². The van der Waals surface area contributed by atoms with E-state index in [9.17, 15) is 0 Å². The smallest absolute Gasteiger partial charge is 0.143 e. The molecule has 0 bridgehead atoms. The van der Waals surface area contributed by atoms with Crippen molar-refractivity contribution in [3.8, 4) is 55.6 Å². The van der Waals surface area contributed by atoms with Gasteiger partial charge in [0.15, 0.2) is 0 Å². The Kier molecular flexibility index (Phi) is 17.1. The van der Waals surface area contributed by atoms with Crippen LogP contribution in [0.4, 0.5) is 68.2 Å². The van der Waals surface area contributed by atoms with Crippen LogP contribution >= 0.6 is 0 Å². The Morgan fingerprint density at radius 2 is 0.407 bits per heavy atom. The molecule has 0 aliphatic carbocycles. The number of furan rings is 2. The third kappa shape index (κ3) is 12.0. The molecule has 22 aromatic rings. The number of para-hydroxylation sites is 4. The molecule has 0 saturated heterocycles. The van der Waals surface area contributed by atoms with Gasteiger partial charge in [-0.25, -0.2) is 0 Å². The van der Waals surface area contributed by atoms with E-state index in [1.807, 2.05) is 0 Å². The molecule has 0 aliphatic rings. The zero-order valence-electron chi connectivity index (χ0n) is 64.3. The molecule has 118 heavy (non-hydrogen) atoms. The Bertz CT molecular complexity index is 7560. The van der Waals surface area contributed by atoms with Crippen molar-refractivity contribution in [2.75, 3.05) is 19.6 Å². The number of nitrogens with zero attached hydrogens (tertiary/aromatic N) is 4. The third-order valence-corrected chi connectivity index (χ3v) is 23.3. The van der Waals surface area contributed by atoms with Gasteiger partial charge in [0.2, 0.25) is 0 Å². The largest absolute Gasteiger partial charge is 0.455 e. The lowest BCUT2D eigenvalue weighted by molar-refractivity contribution is 0.672. The van der Waals surface area contributed by atoms with E-state index >= 15 is 0 Å². The van der Waals surface area contributed by atoms with Gasteiger partial charge in [0.25, 0.3) is 0 Å². The highest BCUT2D eigenvalue weighted by atomic mass is 16.3. The van der Waals surface area contributed by atoms with Gasteiger partial charge in [0.05, 0.1) is 34.1 Å². The predicted molar refractivity (Wildman–Crippen MR) is 497 cm³/mol. The van der Waals surface area contributed by atoms with Crippen molar-refractivity contribution in [2.45, 2.75) is 0 Å². The third-order valence-electron chi connectivity index (χ3n) is 23.3. The lowest BCUT2D eigenvalue weighted by Crippen LogP contribution is -2.12. The fourth-order valence-electron chi connectivity index (χ4n) is 18.0. The topological polar surface area (TPSA) is 39.2 Å². The van der Waals surface area contributed by atoms with Crippen molar-refractivity contribution in [3.05, 3.63) is 449 Å². The second kappa shape index (κ2) is 29.3. The normalized spacial score (nSPS) is 11.6. The minimum absolute atomic E-state index is 0.792. The van der Waals surface area contributed by atoms with E-state index in [-0.39, 0.29) is 0 Å². The average molecular weight is 1510 g/mol. The number of rotatable bonds is 17. The SMILES string of the molecule is c1ccc(-c2cccc(N(c3ccccc3)c3cc4c(oc5cc(N(c6cccc(-c7ccccc7)c6)c6cccc(-c7ccc(N(c8ccccc8-c8ccccc8)c8cc9c(oc%10cc(N(c%11ccccc%11)c%11ccccc%11-c%11ccccc%11)c%11ccccc%11c%109)c9ccccc89)cc7)c6)c6ccccc6c54)c4ccccc34)c2)cc1. The summed E-state index contributed by atoms with van der Waals surface area (Å²) < 4.78 is 14.9. The van der Waals surface area contributed by atoms with Crippen LogP contribution in [0.5, 0.6) is 0 Å². The van der Waals surface area contributed by atoms with Crippen molar-refractivity contribution >= 4 is 155 Å². The molecular weight excluding hydrogens is 1430 g/mol. The van der Waals surface area contributed by atoms with Gasteiger partial charge in [-0.1, -0.05) is 340 Å². The molecule has 2 heterocycles. The van der Waals surface area contributed by atoms with Gasteiger partial charge < -0.3 is 28.4 Å². The van der Waals surface area contributed by atoms with E-state index in [4.69, 9.17) is 8.83 Å². The maximum absolute atomic E-state index is 7.45. The molecular formula is C112H74N4O2. The molecule has 0 N–H and O–H groups in total. The first kappa shape index (κ1) is 69.0. The highest BCUT2D eigenvalue weighted by molar-refractivity contribution is 6.30. The first-order valence-electron chi connectivity index (χ1n) is 40.3. The predicted octanol–water partition coefficient (Wildman–Crippen LogP) is 32.3. The molecule has 0 unspecified atom stereocenters. The Balaban J connectivity index is 0.704. The Morgan fingerprint density at radius 3 is 0.814 bits per heavy atom. The summed E-state index contributed by atoms with van der Waals surface area (Å²) in [5, 5.41) is 12.7. The van der Waals surface area contributed by atoms with E-state index < -0.39 is 0 Å². The summed E-state index contributed by atoms with van der Waals surface area (Å²) in [7, 11) is 0. The van der Waals surface area contributed by atoms with Crippen LogP contribution in [0.1, 0.15) is 0 Å². The molecule has 0 atom stereocenters. The number of hydrogen-bond acceptors (Lipinski definition) is 6. The molecule has 6 heteroatoms. The van der Waals surface area contributed by atoms with Gasteiger partial charge in [-0.15, -0.1) is 0 Å². The lowest BCUT2D eigenvalue weighted by atomic mass is 9.96. The molecule has 6 nitrogen and oxygen atoms in total. The van der Waals surface area contributed by atoms with Crippen molar-refractivity contribution < 1.29 is 8.83 Å². The van der Waals surface area contributed by atoms with Crippen molar-refractivity contribution in [1.82, 2.24) is 0 Å². The minimum Gasteiger partial charge on any atom is -0.455 e. The van der Waals surface area contributed by atoms with E-state index in [0.717, 1.165) is 211 Å². The second-order valence-electron chi connectivity index (χ2n) is 30.2. The van der Waals surface area contributed by atoms with Gasteiger partial charge >= 0.3 is 0 Å². The maximum Gasteiger partial charge on any atom is 0.143 e. The van der Waals surface area contributed by atoms with Crippen LogP contribution < -0.4 is 19.6 Å². The quantitative estimate of drug-likeness (QED) is 0.0905. The van der Waals surface area contributed by atoms with Crippen molar-refractivity contribution in [2.24, 2.45) is 0 Å². The summed E-state index contributed by atoms with van der Waals surface area (Å²) in [6.45, 7) is 0. The van der Waals surface area contributed by atoms with Crippen LogP contribution in [-0.2, 0) is 0 Å². The van der Waals surface area contributed by atoms with Gasteiger partial charge in [0, 0.05) is 111 Å². The van der Waals surface area contributed by atoms with Crippen LogP contribution in [-0.4, -0.2) is 0 Å². The summed E-state index contributed by atoms with van der Waals surface area (Å²) in [6.07, 6.45) is 0. The minimum atomic E-state index is 0.792. The van der Waals surface area contributed by atoms with Gasteiger partial charge in [-0.05, 0) is 152 Å². The lowest BCUT2D eigenvalue weighted by Gasteiger charge is -2.29. The maximum atomic E-state index is 7.45. The van der Waals surface area contributed by atoms with Crippen LogP contribution in [0.15, 0.2) is 458 Å². The average Bonchev–Trinajstić information content (AvgIpc) is 1.53. The Labute approximate surface area is 683 Å². The van der Waals surface area contributed by atoms with Crippen LogP contribution in [0.3, 0.4) is 0 Å². The van der Waals surface area contributed by atoms with Gasteiger partial charge in [-0.2, -0.15) is 0 Å². The summed E-state index contributed by atoms with van der Waals surface area (Å²) in [4.78, 5) is 9.70. The fraction of sp³-hybridized carbons (Fsp3) is 0. The van der Waals surface area contributed by atoms with Crippen LogP contribution in [0, 0.1) is 0 Å². The Hall–Kier alpha value is -15.8. The second-order valence-corrected chi connectivity index (χ2v) is 30.2. The molecule has 0 fully saturated rings. The number of hydrogen-bond donors (Lipinski definition) is 0. The molecule has 22 rings (SSSR count). The van der Waals surface area contributed by atoms with Crippen molar-refractivity contribution in [3.63, 3.8) is 0 Å². The van der Waals surface area contributed by atoms with Gasteiger partial charge in [-0.3, -0.25) is 0 Å². The van der Waals surface area contributed by atoms with E-state index in [2.05, 4.69) is 469 Å². The molecule has 20 aromatic carbocycles. The Morgan fingerprint density at radius 1 is 0.144 bits per heavy atom. The zero-order chi connectivity index (χ0) is 78.0. The summed E-state index contributed by atoms with van der Waals surface area (Å²) in [5.74, 6) is 0. The first-order valence-corrected chi connectivity index (χ1v) is 40.3. The molecule has 2 aromatic heterocycles. The molecule has 0 saturated carbocycles. The summed E-state index contributed by atoms with van der Waals surface area (Å²) in [6, 6.07) is 162. The highest BCUT2D eigenvalue weighted by Gasteiger charge is 2.29. The molecule has 0 radical (unpaired) electrons. The first-order chi connectivity index (χ1) is 58.6.